The Labute approximate surface area is 144 Å². The second kappa shape index (κ2) is 6.86. The van der Waals surface area contributed by atoms with Crippen LogP contribution in [0, 0.1) is 0 Å². The van der Waals surface area contributed by atoms with Crippen LogP contribution in [0.1, 0.15) is 5.56 Å². The van der Waals surface area contributed by atoms with Gasteiger partial charge in [-0.15, -0.1) is 0 Å². The average Bonchev–Trinajstić information content (AvgIpc) is 2.64. The zero-order chi connectivity index (χ0) is 18.0. The van der Waals surface area contributed by atoms with Gasteiger partial charge in [0.15, 0.2) is 0 Å². The number of benzene rings is 2. The molecule has 2 aromatic carbocycles. The number of hydrogen-bond acceptors (Lipinski definition) is 6. The molecule has 1 heterocycles. The van der Waals surface area contributed by atoms with Crippen molar-refractivity contribution in [3.63, 3.8) is 0 Å². The third-order valence-electron chi connectivity index (χ3n) is 4.01. The molecule has 3 aromatic rings. The Morgan fingerprint density at radius 2 is 1.80 bits per heavy atom. The molecule has 3 rings (SSSR count). The zero-order valence-electron chi connectivity index (χ0n) is 14.2. The average molecular weight is 342 g/mol. The first-order chi connectivity index (χ1) is 12.1. The first kappa shape index (κ1) is 16.9. The molecule has 0 aliphatic rings. The molecule has 1 aromatic heterocycles. The minimum Gasteiger partial charge on any atom is -0.507 e. The van der Waals surface area contributed by atoms with Crippen LogP contribution in [-0.2, 0) is 11.3 Å². The van der Waals surface area contributed by atoms with Crippen LogP contribution < -0.4 is 14.9 Å². The van der Waals surface area contributed by atoms with Crippen LogP contribution in [-0.4, -0.2) is 26.4 Å². The highest BCUT2D eigenvalue weighted by Crippen LogP contribution is 2.36. The van der Waals surface area contributed by atoms with Crippen molar-refractivity contribution in [2.24, 2.45) is 0 Å². The standard InChI is InChI=1S/C19H18O6/c1-22-9-14-15(24-3)8-16-17(19(14)21)18(20)13(10-25-16)11-4-6-12(23-2)7-5-11/h4-8,10,21H,9H2,1-3H3. The molecule has 0 spiro atoms. The monoisotopic (exact) mass is 342 g/mol. The number of methoxy groups -OCH3 is 3. The molecular formula is C19H18O6. The van der Waals surface area contributed by atoms with E-state index in [0.717, 1.165) is 0 Å². The Hall–Kier alpha value is -2.99. The van der Waals surface area contributed by atoms with Crippen molar-refractivity contribution in [1.29, 1.82) is 0 Å². The highest BCUT2D eigenvalue weighted by molar-refractivity contribution is 5.89. The van der Waals surface area contributed by atoms with Crippen molar-refractivity contribution in [1.82, 2.24) is 0 Å². The summed E-state index contributed by atoms with van der Waals surface area (Å²) in [5.74, 6) is 0.886. The molecule has 6 nitrogen and oxygen atoms in total. The van der Waals surface area contributed by atoms with Crippen LogP contribution in [0.5, 0.6) is 17.2 Å². The zero-order valence-corrected chi connectivity index (χ0v) is 14.2. The van der Waals surface area contributed by atoms with Crippen molar-refractivity contribution in [2.45, 2.75) is 6.61 Å². The fourth-order valence-corrected chi connectivity index (χ4v) is 2.72. The summed E-state index contributed by atoms with van der Waals surface area (Å²) in [5, 5.41) is 10.7. The van der Waals surface area contributed by atoms with Gasteiger partial charge in [0.05, 0.1) is 32.0 Å². The van der Waals surface area contributed by atoms with E-state index in [-0.39, 0.29) is 28.8 Å². The lowest BCUT2D eigenvalue weighted by Gasteiger charge is -2.12. The Bertz CT molecular complexity index is 956. The Morgan fingerprint density at radius 3 is 2.40 bits per heavy atom. The molecule has 0 unspecified atom stereocenters. The topological polar surface area (TPSA) is 78.1 Å². The van der Waals surface area contributed by atoms with E-state index >= 15 is 0 Å². The maximum Gasteiger partial charge on any atom is 0.204 e. The summed E-state index contributed by atoms with van der Waals surface area (Å²) in [6, 6.07) is 8.59. The van der Waals surface area contributed by atoms with Crippen molar-refractivity contribution in [3.05, 3.63) is 52.4 Å². The largest absolute Gasteiger partial charge is 0.507 e. The SMILES string of the molecule is COCc1c(OC)cc2occ(-c3ccc(OC)cc3)c(=O)c2c1O. The number of fused-ring (bicyclic) bond motifs is 1. The number of ether oxygens (including phenoxy) is 3. The van der Waals surface area contributed by atoms with E-state index in [1.807, 2.05) is 0 Å². The minimum atomic E-state index is -0.330. The first-order valence-corrected chi connectivity index (χ1v) is 7.58. The number of phenols is 1. The quantitative estimate of drug-likeness (QED) is 0.766. The summed E-state index contributed by atoms with van der Waals surface area (Å²) >= 11 is 0. The van der Waals surface area contributed by atoms with Gasteiger partial charge >= 0.3 is 0 Å². The van der Waals surface area contributed by atoms with Gasteiger partial charge in [0.25, 0.3) is 0 Å². The van der Waals surface area contributed by atoms with Gasteiger partial charge in [-0.1, -0.05) is 12.1 Å². The van der Waals surface area contributed by atoms with Crippen molar-refractivity contribution < 1.29 is 23.7 Å². The smallest absolute Gasteiger partial charge is 0.204 e. The number of rotatable bonds is 5. The van der Waals surface area contributed by atoms with Crippen molar-refractivity contribution >= 4 is 11.0 Å². The van der Waals surface area contributed by atoms with Gasteiger partial charge in [-0.2, -0.15) is 0 Å². The molecule has 0 amide bonds. The summed E-state index contributed by atoms with van der Waals surface area (Å²) in [6.45, 7) is 0.108. The number of phenolic OH excluding ortho intramolecular Hbond substituents is 1. The van der Waals surface area contributed by atoms with E-state index < -0.39 is 0 Å². The number of hydrogen-bond donors (Lipinski definition) is 1. The Morgan fingerprint density at radius 1 is 1.08 bits per heavy atom. The number of aromatic hydroxyl groups is 1. The molecular weight excluding hydrogens is 324 g/mol. The third-order valence-corrected chi connectivity index (χ3v) is 4.01. The van der Waals surface area contributed by atoms with Crippen LogP contribution in [0.15, 0.2) is 45.8 Å². The molecule has 0 radical (unpaired) electrons. The van der Waals surface area contributed by atoms with Gasteiger partial charge in [-0.05, 0) is 17.7 Å². The normalized spacial score (nSPS) is 10.8. The van der Waals surface area contributed by atoms with Crippen molar-refractivity contribution in [2.75, 3.05) is 21.3 Å². The summed E-state index contributed by atoms with van der Waals surface area (Å²) in [6.07, 6.45) is 1.38. The minimum absolute atomic E-state index is 0.0983. The Balaban J connectivity index is 2.25. The van der Waals surface area contributed by atoms with E-state index in [1.54, 1.807) is 37.4 Å². The second-order valence-electron chi connectivity index (χ2n) is 5.42. The summed E-state index contributed by atoms with van der Waals surface area (Å²) in [7, 11) is 4.55. The second-order valence-corrected chi connectivity index (χ2v) is 5.42. The molecule has 0 saturated heterocycles. The van der Waals surface area contributed by atoms with E-state index in [2.05, 4.69) is 0 Å². The molecule has 0 aliphatic heterocycles. The van der Waals surface area contributed by atoms with Gasteiger partial charge in [-0.25, -0.2) is 0 Å². The fourth-order valence-electron chi connectivity index (χ4n) is 2.72. The predicted molar refractivity (Wildman–Crippen MR) is 93.4 cm³/mol. The lowest BCUT2D eigenvalue weighted by Crippen LogP contribution is -2.07. The van der Waals surface area contributed by atoms with Crippen LogP contribution in [0.3, 0.4) is 0 Å². The summed E-state index contributed by atoms with van der Waals surface area (Å²) < 4.78 is 21.0. The summed E-state index contributed by atoms with van der Waals surface area (Å²) in [4.78, 5) is 12.9. The van der Waals surface area contributed by atoms with E-state index in [1.165, 1.54) is 20.5 Å². The molecule has 25 heavy (non-hydrogen) atoms. The highest BCUT2D eigenvalue weighted by Gasteiger charge is 2.19. The van der Waals surface area contributed by atoms with E-state index in [0.29, 0.717) is 28.2 Å². The molecule has 0 aliphatic carbocycles. The molecule has 130 valence electrons. The first-order valence-electron chi connectivity index (χ1n) is 7.58. The van der Waals surface area contributed by atoms with E-state index in [4.69, 9.17) is 18.6 Å². The summed E-state index contributed by atoms with van der Waals surface area (Å²) in [5.41, 5.74) is 1.33. The van der Waals surface area contributed by atoms with Crippen LogP contribution in [0.25, 0.3) is 22.1 Å². The molecule has 0 fully saturated rings. The van der Waals surface area contributed by atoms with Crippen LogP contribution in [0.2, 0.25) is 0 Å². The third kappa shape index (κ3) is 2.92. The van der Waals surface area contributed by atoms with Gasteiger partial charge in [0, 0.05) is 13.2 Å². The molecule has 0 bridgehead atoms. The Kier molecular flexibility index (Phi) is 4.63. The van der Waals surface area contributed by atoms with Gasteiger partial charge < -0.3 is 23.7 Å². The van der Waals surface area contributed by atoms with E-state index in [9.17, 15) is 9.90 Å². The highest BCUT2D eigenvalue weighted by atomic mass is 16.5. The molecule has 0 atom stereocenters. The van der Waals surface area contributed by atoms with Crippen LogP contribution in [0.4, 0.5) is 0 Å². The van der Waals surface area contributed by atoms with Gasteiger partial charge in [-0.3, -0.25) is 4.79 Å². The van der Waals surface area contributed by atoms with Gasteiger partial charge in [0.1, 0.15) is 34.5 Å². The van der Waals surface area contributed by atoms with Gasteiger partial charge in [0.2, 0.25) is 5.43 Å². The van der Waals surface area contributed by atoms with Crippen LogP contribution >= 0.6 is 0 Å². The predicted octanol–water partition coefficient (Wildman–Crippen LogP) is 3.33. The van der Waals surface area contributed by atoms with Crippen molar-refractivity contribution in [3.8, 4) is 28.4 Å². The maximum atomic E-state index is 12.9. The fraction of sp³-hybridized carbons (Fsp3) is 0.211. The lowest BCUT2D eigenvalue weighted by molar-refractivity contribution is 0.179. The molecule has 6 heteroatoms. The maximum absolute atomic E-state index is 12.9. The molecule has 0 saturated carbocycles. The molecule has 1 N–H and O–H groups in total. The lowest BCUT2D eigenvalue weighted by atomic mass is 10.0.